The van der Waals surface area contributed by atoms with Gasteiger partial charge in [-0.2, -0.15) is 0 Å². The molecule has 2 aromatic heterocycles. The van der Waals surface area contributed by atoms with Gasteiger partial charge in [0.05, 0.1) is 28.4 Å². The summed E-state index contributed by atoms with van der Waals surface area (Å²) in [7, 11) is -3.49. The summed E-state index contributed by atoms with van der Waals surface area (Å²) in [5.41, 5.74) is 2.32. The number of hydrogen-bond donors (Lipinski definition) is 1. The number of rotatable bonds is 7. The van der Waals surface area contributed by atoms with Crippen LogP contribution in [0.1, 0.15) is 17.0 Å². The highest BCUT2D eigenvalue weighted by Gasteiger charge is 2.28. The van der Waals surface area contributed by atoms with Gasteiger partial charge in [-0.05, 0) is 36.4 Å². The summed E-state index contributed by atoms with van der Waals surface area (Å²) in [6, 6.07) is 11.3. The number of sulfonamides is 1. The lowest BCUT2D eigenvalue weighted by Gasteiger charge is -2.19. The van der Waals surface area contributed by atoms with Gasteiger partial charge in [-0.15, -0.1) is 11.3 Å². The summed E-state index contributed by atoms with van der Waals surface area (Å²) in [5.74, 6) is 0.655. The lowest BCUT2D eigenvalue weighted by atomic mass is 10.2. The SMILES string of the molecule is Cc1oc(-c2cccs2)nc1CC(=O)NCCS(=O)(=O)N1CCc2ccccc21. The predicted octanol–water partition coefficient (Wildman–Crippen LogP) is 2.76. The Balaban J connectivity index is 1.33. The fraction of sp³-hybridized carbons (Fsp3) is 0.300. The number of anilines is 1. The van der Waals surface area contributed by atoms with Gasteiger partial charge in [0.2, 0.25) is 21.8 Å². The number of benzene rings is 1. The van der Waals surface area contributed by atoms with Crippen LogP contribution in [-0.4, -0.2) is 38.2 Å². The van der Waals surface area contributed by atoms with E-state index in [4.69, 9.17) is 4.42 Å². The minimum atomic E-state index is -3.49. The molecule has 3 aromatic rings. The van der Waals surface area contributed by atoms with E-state index < -0.39 is 10.0 Å². The number of oxazole rings is 1. The molecule has 7 nitrogen and oxygen atoms in total. The lowest BCUT2D eigenvalue weighted by molar-refractivity contribution is -0.120. The van der Waals surface area contributed by atoms with Crippen molar-refractivity contribution in [1.82, 2.24) is 10.3 Å². The van der Waals surface area contributed by atoms with Crippen LogP contribution in [0.3, 0.4) is 0 Å². The van der Waals surface area contributed by atoms with Crippen LogP contribution in [-0.2, 0) is 27.7 Å². The number of carbonyl (C=O) groups excluding carboxylic acids is 1. The van der Waals surface area contributed by atoms with Crippen LogP contribution in [0.15, 0.2) is 46.2 Å². The molecule has 29 heavy (non-hydrogen) atoms. The second-order valence-corrected chi connectivity index (χ2v) is 9.75. The van der Waals surface area contributed by atoms with E-state index in [9.17, 15) is 13.2 Å². The van der Waals surface area contributed by atoms with Gasteiger partial charge in [0.25, 0.3) is 0 Å². The van der Waals surface area contributed by atoms with Crippen molar-refractivity contribution < 1.29 is 17.6 Å². The van der Waals surface area contributed by atoms with Crippen LogP contribution >= 0.6 is 11.3 Å². The molecule has 0 bridgehead atoms. The molecule has 3 heterocycles. The molecule has 0 saturated heterocycles. The van der Waals surface area contributed by atoms with Crippen molar-refractivity contribution >= 4 is 33.0 Å². The zero-order valence-electron chi connectivity index (χ0n) is 15.9. The quantitative estimate of drug-likeness (QED) is 0.621. The molecule has 9 heteroatoms. The first kappa shape index (κ1) is 19.7. The zero-order valence-corrected chi connectivity index (χ0v) is 17.6. The summed E-state index contributed by atoms with van der Waals surface area (Å²) in [5, 5.41) is 4.61. The van der Waals surface area contributed by atoms with Crippen molar-refractivity contribution in [2.45, 2.75) is 19.8 Å². The molecule has 1 aliphatic heterocycles. The van der Waals surface area contributed by atoms with Crippen LogP contribution in [0.5, 0.6) is 0 Å². The average Bonchev–Trinajstić information content (AvgIpc) is 3.41. The Morgan fingerprint density at radius 3 is 2.90 bits per heavy atom. The van der Waals surface area contributed by atoms with E-state index >= 15 is 0 Å². The van der Waals surface area contributed by atoms with Gasteiger partial charge in [-0.25, -0.2) is 13.4 Å². The standard InChI is InChI=1S/C20H21N3O4S2/c1-14-16(22-20(27-14)18-7-4-11-28-18)13-19(24)21-9-12-29(25,26)23-10-8-15-5-2-3-6-17(15)23/h2-7,11H,8-10,12-13H2,1H3,(H,21,24). The number of fused-ring (bicyclic) bond motifs is 1. The summed E-state index contributed by atoms with van der Waals surface area (Å²) in [4.78, 5) is 17.6. The van der Waals surface area contributed by atoms with E-state index in [0.717, 1.165) is 16.1 Å². The molecule has 0 spiro atoms. The van der Waals surface area contributed by atoms with Crippen molar-refractivity contribution in [3.63, 3.8) is 0 Å². The van der Waals surface area contributed by atoms with Gasteiger partial charge in [-0.1, -0.05) is 24.3 Å². The van der Waals surface area contributed by atoms with Gasteiger partial charge in [0.1, 0.15) is 5.76 Å². The Hall–Kier alpha value is -2.65. The van der Waals surface area contributed by atoms with Crippen LogP contribution in [0, 0.1) is 6.92 Å². The van der Waals surface area contributed by atoms with Gasteiger partial charge in [-0.3, -0.25) is 9.10 Å². The highest BCUT2D eigenvalue weighted by Crippen LogP contribution is 2.30. The molecular weight excluding hydrogens is 410 g/mol. The summed E-state index contributed by atoms with van der Waals surface area (Å²) < 4.78 is 32.4. The molecule has 1 N–H and O–H groups in total. The number of nitrogens with one attached hydrogen (secondary N) is 1. The summed E-state index contributed by atoms with van der Waals surface area (Å²) in [6.45, 7) is 2.26. The van der Waals surface area contributed by atoms with Crippen LogP contribution in [0.2, 0.25) is 0 Å². The van der Waals surface area contributed by atoms with Crippen molar-refractivity contribution in [1.29, 1.82) is 0 Å². The Labute approximate surface area is 173 Å². The Kier molecular flexibility index (Phi) is 5.42. The molecule has 1 amide bonds. The average molecular weight is 432 g/mol. The van der Waals surface area contributed by atoms with Gasteiger partial charge >= 0.3 is 0 Å². The van der Waals surface area contributed by atoms with E-state index in [1.165, 1.54) is 15.6 Å². The first-order valence-corrected chi connectivity index (χ1v) is 11.8. The first-order valence-electron chi connectivity index (χ1n) is 9.29. The molecule has 152 valence electrons. The summed E-state index contributed by atoms with van der Waals surface area (Å²) >= 11 is 1.51. The van der Waals surface area contributed by atoms with Gasteiger partial charge < -0.3 is 9.73 Å². The van der Waals surface area contributed by atoms with Gasteiger partial charge in [0, 0.05) is 13.1 Å². The molecular formula is C20H21N3O4S2. The molecule has 0 atom stereocenters. The molecule has 1 aliphatic rings. The number of para-hydroxylation sites is 1. The topological polar surface area (TPSA) is 92.5 Å². The third-order valence-corrected chi connectivity index (χ3v) is 7.44. The smallest absolute Gasteiger partial charge is 0.236 e. The Bertz CT molecular complexity index is 1120. The van der Waals surface area contributed by atoms with E-state index in [0.29, 0.717) is 30.3 Å². The van der Waals surface area contributed by atoms with Gasteiger partial charge in [0.15, 0.2) is 0 Å². The Morgan fingerprint density at radius 1 is 1.28 bits per heavy atom. The monoisotopic (exact) mass is 431 g/mol. The van der Waals surface area contributed by atoms with Crippen molar-refractivity contribution in [2.75, 3.05) is 23.1 Å². The fourth-order valence-electron chi connectivity index (χ4n) is 3.34. The normalized spacial score (nSPS) is 13.5. The first-order chi connectivity index (χ1) is 13.9. The molecule has 4 rings (SSSR count). The van der Waals surface area contributed by atoms with E-state index in [1.807, 2.05) is 41.8 Å². The Morgan fingerprint density at radius 2 is 2.10 bits per heavy atom. The number of aryl methyl sites for hydroxylation is 1. The predicted molar refractivity (Wildman–Crippen MR) is 113 cm³/mol. The number of thiophene rings is 1. The number of aromatic nitrogens is 1. The lowest BCUT2D eigenvalue weighted by Crippen LogP contribution is -2.37. The highest BCUT2D eigenvalue weighted by molar-refractivity contribution is 7.92. The zero-order chi connectivity index (χ0) is 20.4. The molecule has 0 fully saturated rings. The molecule has 0 unspecified atom stereocenters. The number of carbonyl (C=O) groups is 1. The fourth-order valence-corrected chi connectivity index (χ4v) is 5.42. The van der Waals surface area contributed by atoms with E-state index in [1.54, 1.807) is 6.92 Å². The minimum absolute atomic E-state index is 0.0489. The molecule has 0 aliphatic carbocycles. The van der Waals surface area contributed by atoms with E-state index in [-0.39, 0.29) is 24.6 Å². The maximum atomic E-state index is 12.7. The van der Waals surface area contributed by atoms with Crippen molar-refractivity contribution in [3.8, 4) is 10.8 Å². The third kappa shape index (κ3) is 4.20. The molecule has 0 saturated carbocycles. The third-order valence-electron chi connectivity index (χ3n) is 4.82. The summed E-state index contributed by atoms with van der Waals surface area (Å²) in [6.07, 6.45) is 0.757. The maximum absolute atomic E-state index is 12.7. The van der Waals surface area contributed by atoms with Crippen LogP contribution < -0.4 is 9.62 Å². The maximum Gasteiger partial charge on any atom is 0.236 e. The van der Waals surface area contributed by atoms with E-state index in [2.05, 4.69) is 10.3 Å². The minimum Gasteiger partial charge on any atom is -0.440 e. The highest BCUT2D eigenvalue weighted by atomic mass is 32.2. The van der Waals surface area contributed by atoms with Crippen LogP contribution in [0.25, 0.3) is 10.8 Å². The second-order valence-electron chi connectivity index (χ2n) is 6.79. The number of amides is 1. The van der Waals surface area contributed by atoms with Crippen molar-refractivity contribution in [3.05, 3.63) is 58.8 Å². The van der Waals surface area contributed by atoms with Crippen LogP contribution in [0.4, 0.5) is 5.69 Å². The second kappa shape index (κ2) is 8.00. The van der Waals surface area contributed by atoms with Crippen molar-refractivity contribution in [2.24, 2.45) is 0 Å². The largest absolute Gasteiger partial charge is 0.440 e. The number of nitrogens with zero attached hydrogens (tertiary/aromatic N) is 2. The molecule has 0 radical (unpaired) electrons. The number of hydrogen-bond acceptors (Lipinski definition) is 6. The molecule has 1 aromatic carbocycles.